The third kappa shape index (κ3) is 2.23. The molecule has 1 aromatic carbocycles. The zero-order chi connectivity index (χ0) is 15.9. The first kappa shape index (κ1) is 14.2. The Kier molecular flexibility index (Phi) is 3.38. The standard InChI is InChI=1S/C14H11N3O4S/c1-2-11-12(13(18)19)22-14-15-10(7-16(11)14)8-4-3-5-9(6-8)17(20)21/h3-7H,2H2,1H3,(H,18,19). The summed E-state index contributed by atoms with van der Waals surface area (Å²) in [5.74, 6) is -0.968. The van der Waals surface area contributed by atoms with Crippen LogP contribution in [0.4, 0.5) is 5.69 Å². The van der Waals surface area contributed by atoms with E-state index < -0.39 is 10.9 Å². The third-order valence-corrected chi connectivity index (χ3v) is 4.39. The van der Waals surface area contributed by atoms with Crippen molar-refractivity contribution in [2.45, 2.75) is 13.3 Å². The van der Waals surface area contributed by atoms with Gasteiger partial charge in [0.1, 0.15) is 4.88 Å². The monoisotopic (exact) mass is 317 g/mol. The van der Waals surface area contributed by atoms with E-state index >= 15 is 0 Å². The summed E-state index contributed by atoms with van der Waals surface area (Å²) in [6.45, 7) is 1.88. The molecule has 1 N–H and O–H groups in total. The molecule has 0 aliphatic rings. The van der Waals surface area contributed by atoms with Crippen LogP contribution in [-0.2, 0) is 6.42 Å². The van der Waals surface area contributed by atoms with Gasteiger partial charge in [-0.15, -0.1) is 0 Å². The number of hydrogen-bond donors (Lipinski definition) is 1. The summed E-state index contributed by atoms with van der Waals surface area (Å²) in [5.41, 5.74) is 1.89. The lowest BCUT2D eigenvalue weighted by Gasteiger charge is -1.98. The first-order valence-electron chi connectivity index (χ1n) is 6.50. The van der Waals surface area contributed by atoms with Crippen molar-refractivity contribution in [3.63, 3.8) is 0 Å². The number of aromatic nitrogens is 2. The van der Waals surface area contributed by atoms with Gasteiger partial charge in [-0.2, -0.15) is 0 Å². The molecule has 0 saturated carbocycles. The number of nitro groups is 1. The summed E-state index contributed by atoms with van der Waals surface area (Å²) in [4.78, 5) is 26.8. The van der Waals surface area contributed by atoms with Crippen molar-refractivity contribution in [1.29, 1.82) is 0 Å². The molecule has 0 bridgehead atoms. The lowest BCUT2D eigenvalue weighted by Crippen LogP contribution is -1.99. The van der Waals surface area contributed by atoms with Gasteiger partial charge in [0.25, 0.3) is 5.69 Å². The van der Waals surface area contributed by atoms with E-state index in [2.05, 4.69) is 4.98 Å². The van der Waals surface area contributed by atoms with Crippen LogP contribution in [0.1, 0.15) is 22.3 Å². The van der Waals surface area contributed by atoms with Crippen molar-refractivity contribution in [2.75, 3.05) is 0 Å². The molecule has 0 radical (unpaired) electrons. The van der Waals surface area contributed by atoms with E-state index in [9.17, 15) is 20.0 Å². The second kappa shape index (κ2) is 5.23. The molecule has 3 rings (SSSR count). The molecular formula is C14H11N3O4S. The maximum atomic E-state index is 11.2. The van der Waals surface area contributed by atoms with Gasteiger partial charge in [-0.25, -0.2) is 9.78 Å². The molecule has 2 heterocycles. The maximum absolute atomic E-state index is 11.2. The number of rotatable bonds is 4. The third-order valence-electron chi connectivity index (χ3n) is 3.30. The van der Waals surface area contributed by atoms with Gasteiger partial charge in [0.05, 0.1) is 10.6 Å². The fourth-order valence-electron chi connectivity index (χ4n) is 2.30. The Labute approximate surface area is 128 Å². The van der Waals surface area contributed by atoms with Crippen LogP contribution in [0.15, 0.2) is 30.5 Å². The van der Waals surface area contributed by atoms with Crippen molar-refractivity contribution < 1.29 is 14.8 Å². The topological polar surface area (TPSA) is 97.7 Å². The molecule has 7 nitrogen and oxygen atoms in total. The van der Waals surface area contributed by atoms with Crippen molar-refractivity contribution in [1.82, 2.24) is 9.38 Å². The van der Waals surface area contributed by atoms with Crippen LogP contribution in [0.3, 0.4) is 0 Å². The SMILES string of the molecule is CCc1c(C(=O)O)sc2nc(-c3cccc([N+](=O)[O-])c3)cn12. The minimum absolute atomic E-state index is 0.00389. The van der Waals surface area contributed by atoms with Crippen LogP contribution in [0.25, 0.3) is 16.2 Å². The number of aryl methyl sites for hydroxylation is 1. The largest absolute Gasteiger partial charge is 0.477 e. The van der Waals surface area contributed by atoms with E-state index in [0.717, 1.165) is 11.3 Å². The molecule has 0 aliphatic heterocycles. The first-order chi connectivity index (χ1) is 10.5. The summed E-state index contributed by atoms with van der Waals surface area (Å²) < 4.78 is 1.74. The van der Waals surface area contributed by atoms with Crippen LogP contribution in [-0.4, -0.2) is 25.4 Å². The molecular weight excluding hydrogens is 306 g/mol. The second-order valence-electron chi connectivity index (χ2n) is 4.62. The molecule has 0 atom stereocenters. The van der Waals surface area contributed by atoms with Crippen LogP contribution < -0.4 is 0 Å². The Balaban J connectivity index is 2.13. The number of nitro benzene ring substituents is 1. The summed E-state index contributed by atoms with van der Waals surface area (Å²) in [6.07, 6.45) is 2.28. The minimum Gasteiger partial charge on any atom is -0.477 e. The van der Waals surface area contributed by atoms with E-state index in [1.165, 1.54) is 12.1 Å². The number of carbonyl (C=O) groups is 1. The smallest absolute Gasteiger partial charge is 0.347 e. The minimum atomic E-state index is -0.968. The highest BCUT2D eigenvalue weighted by Gasteiger charge is 2.19. The van der Waals surface area contributed by atoms with Crippen molar-refractivity contribution in [3.8, 4) is 11.3 Å². The molecule has 0 spiro atoms. The molecule has 0 fully saturated rings. The molecule has 112 valence electrons. The van der Waals surface area contributed by atoms with Crippen molar-refractivity contribution in [2.24, 2.45) is 0 Å². The van der Waals surface area contributed by atoms with Gasteiger partial charge in [-0.3, -0.25) is 14.5 Å². The molecule has 2 aromatic heterocycles. The highest BCUT2D eigenvalue weighted by atomic mass is 32.1. The normalized spacial score (nSPS) is 11.0. The fraction of sp³-hybridized carbons (Fsp3) is 0.143. The number of hydrogen-bond acceptors (Lipinski definition) is 5. The van der Waals surface area contributed by atoms with E-state index in [1.54, 1.807) is 22.7 Å². The maximum Gasteiger partial charge on any atom is 0.347 e. The number of carboxylic acid groups (broad SMARTS) is 1. The highest BCUT2D eigenvalue weighted by Crippen LogP contribution is 2.29. The van der Waals surface area contributed by atoms with Gasteiger partial charge in [0, 0.05) is 29.6 Å². The number of carboxylic acids is 1. The molecule has 0 saturated heterocycles. The number of fused-ring (bicyclic) bond motifs is 1. The first-order valence-corrected chi connectivity index (χ1v) is 7.31. The quantitative estimate of drug-likeness (QED) is 0.588. The van der Waals surface area contributed by atoms with Crippen LogP contribution in [0.5, 0.6) is 0 Å². The molecule has 0 aliphatic carbocycles. The zero-order valence-corrected chi connectivity index (χ0v) is 12.3. The van der Waals surface area contributed by atoms with Gasteiger partial charge in [0.15, 0.2) is 4.96 Å². The van der Waals surface area contributed by atoms with Crippen molar-refractivity contribution in [3.05, 3.63) is 51.1 Å². The summed E-state index contributed by atoms with van der Waals surface area (Å²) >= 11 is 1.10. The van der Waals surface area contributed by atoms with Crippen LogP contribution in [0.2, 0.25) is 0 Å². The van der Waals surface area contributed by atoms with Gasteiger partial charge in [-0.1, -0.05) is 30.4 Å². The summed E-state index contributed by atoms with van der Waals surface area (Å²) in [7, 11) is 0. The number of aromatic carboxylic acids is 1. The van der Waals surface area contributed by atoms with Gasteiger partial charge in [0.2, 0.25) is 0 Å². The molecule has 22 heavy (non-hydrogen) atoms. The van der Waals surface area contributed by atoms with E-state index in [0.29, 0.717) is 28.3 Å². The average molecular weight is 317 g/mol. The van der Waals surface area contributed by atoms with E-state index in [-0.39, 0.29) is 10.6 Å². The molecule has 0 unspecified atom stereocenters. The van der Waals surface area contributed by atoms with E-state index in [4.69, 9.17) is 0 Å². The second-order valence-corrected chi connectivity index (χ2v) is 5.60. The highest BCUT2D eigenvalue weighted by molar-refractivity contribution is 7.19. The predicted octanol–water partition coefficient (Wildman–Crippen LogP) is 3.23. The Morgan fingerprint density at radius 3 is 2.91 bits per heavy atom. The van der Waals surface area contributed by atoms with Crippen molar-refractivity contribution >= 4 is 28.0 Å². The summed E-state index contributed by atoms with van der Waals surface area (Å²) in [5, 5.41) is 20.0. The molecule has 3 aromatic rings. The Morgan fingerprint density at radius 1 is 1.50 bits per heavy atom. The average Bonchev–Trinajstić information content (AvgIpc) is 3.04. The number of thiazole rings is 1. The lowest BCUT2D eigenvalue weighted by molar-refractivity contribution is -0.384. The number of nitrogens with zero attached hydrogens (tertiary/aromatic N) is 3. The lowest BCUT2D eigenvalue weighted by atomic mass is 10.1. The van der Waals surface area contributed by atoms with Crippen LogP contribution >= 0.6 is 11.3 Å². The Morgan fingerprint density at radius 2 is 2.27 bits per heavy atom. The molecule has 8 heteroatoms. The fourth-order valence-corrected chi connectivity index (χ4v) is 3.34. The van der Waals surface area contributed by atoms with Crippen LogP contribution in [0, 0.1) is 10.1 Å². The number of benzene rings is 1. The number of non-ortho nitro benzene ring substituents is 1. The zero-order valence-electron chi connectivity index (χ0n) is 11.5. The van der Waals surface area contributed by atoms with Gasteiger partial charge in [-0.05, 0) is 6.42 Å². The number of imidazole rings is 1. The predicted molar refractivity (Wildman–Crippen MR) is 81.5 cm³/mol. The summed E-state index contributed by atoms with van der Waals surface area (Å²) in [6, 6.07) is 6.21. The molecule has 0 amide bonds. The Hall–Kier alpha value is -2.74. The Bertz CT molecular complexity index is 897. The van der Waals surface area contributed by atoms with Gasteiger partial charge < -0.3 is 5.11 Å². The van der Waals surface area contributed by atoms with Gasteiger partial charge >= 0.3 is 5.97 Å². The van der Waals surface area contributed by atoms with E-state index in [1.807, 2.05) is 6.92 Å².